The second kappa shape index (κ2) is 6.54. The fraction of sp³-hybridized carbons (Fsp3) is 0.583. The van der Waals surface area contributed by atoms with Crippen molar-refractivity contribution in [3.05, 3.63) is 23.9 Å². The van der Waals surface area contributed by atoms with Gasteiger partial charge < -0.3 is 14.9 Å². The van der Waals surface area contributed by atoms with Crippen LogP contribution >= 0.6 is 0 Å². The summed E-state index contributed by atoms with van der Waals surface area (Å²) in [5.74, 6) is 5.91. The number of nitrogen functional groups attached to an aromatic ring is 1. The SMILES string of the molecule is CC(C)(C)OCCOCc1ccnc(NN)c1. The Morgan fingerprint density at radius 1 is 1.35 bits per heavy atom. The predicted molar refractivity (Wildman–Crippen MR) is 67.4 cm³/mol. The van der Waals surface area contributed by atoms with E-state index in [2.05, 4.69) is 10.4 Å². The third-order valence-corrected chi connectivity index (χ3v) is 2.00. The summed E-state index contributed by atoms with van der Waals surface area (Å²) in [6, 6.07) is 3.75. The van der Waals surface area contributed by atoms with Crippen molar-refractivity contribution in [2.45, 2.75) is 33.0 Å². The maximum absolute atomic E-state index is 5.54. The van der Waals surface area contributed by atoms with Gasteiger partial charge in [0.2, 0.25) is 0 Å². The smallest absolute Gasteiger partial charge is 0.140 e. The molecule has 0 bridgehead atoms. The van der Waals surface area contributed by atoms with E-state index in [9.17, 15) is 0 Å². The number of hydrogen-bond donors (Lipinski definition) is 2. The van der Waals surface area contributed by atoms with E-state index in [1.165, 1.54) is 0 Å². The zero-order valence-corrected chi connectivity index (χ0v) is 10.7. The van der Waals surface area contributed by atoms with Crippen LogP contribution in [0.3, 0.4) is 0 Å². The number of nitrogens with one attached hydrogen (secondary N) is 1. The summed E-state index contributed by atoms with van der Waals surface area (Å²) in [6.45, 7) is 7.77. The Bertz CT molecular complexity index is 337. The molecule has 0 aliphatic rings. The van der Waals surface area contributed by atoms with Gasteiger partial charge in [-0.3, -0.25) is 0 Å². The maximum Gasteiger partial charge on any atom is 0.140 e. The second-order valence-corrected chi connectivity index (χ2v) is 4.71. The Balaban J connectivity index is 2.22. The van der Waals surface area contributed by atoms with Gasteiger partial charge in [0.25, 0.3) is 0 Å². The predicted octanol–water partition coefficient (Wildman–Crippen LogP) is 1.70. The van der Waals surface area contributed by atoms with E-state index in [0.29, 0.717) is 25.6 Å². The number of anilines is 1. The van der Waals surface area contributed by atoms with Crippen LogP contribution < -0.4 is 11.3 Å². The average molecular weight is 239 g/mol. The van der Waals surface area contributed by atoms with Gasteiger partial charge in [-0.1, -0.05) is 0 Å². The van der Waals surface area contributed by atoms with E-state index in [1.54, 1.807) is 6.20 Å². The first kappa shape index (κ1) is 13.9. The van der Waals surface area contributed by atoms with E-state index in [-0.39, 0.29) is 5.60 Å². The van der Waals surface area contributed by atoms with Gasteiger partial charge in [-0.25, -0.2) is 10.8 Å². The molecule has 17 heavy (non-hydrogen) atoms. The molecule has 1 rings (SSSR count). The first-order chi connectivity index (χ1) is 8.01. The number of rotatable bonds is 6. The molecule has 0 saturated carbocycles. The Morgan fingerprint density at radius 2 is 2.12 bits per heavy atom. The Kier molecular flexibility index (Phi) is 5.34. The molecule has 5 nitrogen and oxygen atoms in total. The summed E-state index contributed by atoms with van der Waals surface area (Å²) < 4.78 is 11.0. The summed E-state index contributed by atoms with van der Waals surface area (Å²) >= 11 is 0. The molecule has 0 unspecified atom stereocenters. The quantitative estimate of drug-likeness (QED) is 0.449. The number of hydrazine groups is 1. The average Bonchev–Trinajstić information content (AvgIpc) is 2.27. The molecule has 0 aliphatic heterocycles. The van der Waals surface area contributed by atoms with Gasteiger partial charge in [0.15, 0.2) is 0 Å². The molecule has 0 aromatic carbocycles. The molecule has 3 N–H and O–H groups in total. The van der Waals surface area contributed by atoms with E-state index in [0.717, 1.165) is 5.56 Å². The Hall–Kier alpha value is -1.17. The first-order valence-electron chi connectivity index (χ1n) is 5.64. The third kappa shape index (κ3) is 6.21. The van der Waals surface area contributed by atoms with E-state index < -0.39 is 0 Å². The van der Waals surface area contributed by atoms with Crippen LogP contribution in [-0.4, -0.2) is 23.8 Å². The fourth-order valence-corrected chi connectivity index (χ4v) is 1.24. The van der Waals surface area contributed by atoms with Crippen LogP contribution in [-0.2, 0) is 16.1 Å². The lowest BCUT2D eigenvalue weighted by Crippen LogP contribution is -2.21. The van der Waals surface area contributed by atoms with Gasteiger partial charge in [-0.2, -0.15) is 0 Å². The topological polar surface area (TPSA) is 69.4 Å². The number of ether oxygens (including phenoxy) is 2. The molecule has 1 aromatic heterocycles. The van der Waals surface area contributed by atoms with Crippen LogP contribution in [0.1, 0.15) is 26.3 Å². The molecule has 1 heterocycles. The number of nitrogens with two attached hydrogens (primary N) is 1. The maximum atomic E-state index is 5.54. The molecule has 0 amide bonds. The van der Waals surface area contributed by atoms with E-state index in [1.807, 2.05) is 32.9 Å². The van der Waals surface area contributed by atoms with Gasteiger partial charge in [-0.05, 0) is 38.5 Å². The van der Waals surface area contributed by atoms with Gasteiger partial charge in [0.1, 0.15) is 5.82 Å². The molecular weight excluding hydrogens is 218 g/mol. The minimum absolute atomic E-state index is 0.114. The molecule has 0 spiro atoms. The standard InChI is InChI=1S/C12H21N3O2/c1-12(2,3)17-7-6-16-9-10-4-5-14-11(8-10)15-13/h4-5,8H,6-7,9,13H2,1-3H3,(H,14,15). The first-order valence-corrected chi connectivity index (χ1v) is 5.64. The Labute approximate surface area is 102 Å². The summed E-state index contributed by atoms with van der Waals surface area (Å²) in [4.78, 5) is 4.02. The number of aromatic nitrogens is 1. The second-order valence-electron chi connectivity index (χ2n) is 4.71. The van der Waals surface area contributed by atoms with Crippen molar-refractivity contribution < 1.29 is 9.47 Å². The van der Waals surface area contributed by atoms with Crippen LogP contribution in [0.5, 0.6) is 0 Å². The van der Waals surface area contributed by atoms with Crippen LogP contribution in [0.2, 0.25) is 0 Å². The summed E-state index contributed by atoms with van der Waals surface area (Å²) in [5, 5.41) is 0. The molecule has 1 aromatic rings. The van der Waals surface area contributed by atoms with Crippen LogP contribution in [0.25, 0.3) is 0 Å². The summed E-state index contributed by atoms with van der Waals surface area (Å²) in [6.07, 6.45) is 1.69. The molecule has 0 radical (unpaired) electrons. The minimum atomic E-state index is -0.114. The minimum Gasteiger partial charge on any atom is -0.374 e. The highest BCUT2D eigenvalue weighted by atomic mass is 16.5. The number of hydrogen-bond acceptors (Lipinski definition) is 5. The summed E-state index contributed by atoms with van der Waals surface area (Å²) in [7, 11) is 0. The fourth-order valence-electron chi connectivity index (χ4n) is 1.24. The van der Waals surface area contributed by atoms with Crippen LogP contribution in [0.15, 0.2) is 18.3 Å². The van der Waals surface area contributed by atoms with Gasteiger partial charge in [0.05, 0.1) is 25.4 Å². The molecule has 5 heteroatoms. The highest BCUT2D eigenvalue weighted by Gasteiger charge is 2.08. The largest absolute Gasteiger partial charge is 0.374 e. The Morgan fingerprint density at radius 3 is 2.76 bits per heavy atom. The van der Waals surface area contributed by atoms with Gasteiger partial charge in [0, 0.05) is 6.20 Å². The van der Waals surface area contributed by atoms with Crippen molar-refractivity contribution in [3.63, 3.8) is 0 Å². The van der Waals surface area contributed by atoms with Crippen molar-refractivity contribution in [1.29, 1.82) is 0 Å². The lowest BCUT2D eigenvalue weighted by molar-refractivity contribution is -0.0376. The van der Waals surface area contributed by atoms with Crippen molar-refractivity contribution >= 4 is 5.82 Å². The lowest BCUT2D eigenvalue weighted by atomic mass is 10.2. The third-order valence-electron chi connectivity index (χ3n) is 2.00. The van der Waals surface area contributed by atoms with Gasteiger partial charge in [-0.15, -0.1) is 0 Å². The van der Waals surface area contributed by atoms with Crippen molar-refractivity contribution in [2.24, 2.45) is 5.84 Å². The van der Waals surface area contributed by atoms with Gasteiger partial charge >= 0.3 is 0 Å². The molecule has 0 atom stereocenters. The van der Waals surface area contributed by atoms with Crippen LogP contribution in [0, 0.1) is 0 Å². The van der Waals surface area contributed by atoms with Crippen LogP contribution in [0.4, 0.5) is 5.82 Å². The van der Waals surface area contributed by atoms with E-state index >= 15 is 0 Å². The summed E-state index contributed by atoms with van der Waals surface area (Å²) in [5.41, 5.74) is 3.41. The highest BCUT2D eigenvalue weighted by Crippen LogP contribution is 2.08. The zero-order chi connectivity index (χ0) is 12.7. The normalized spacial score (nSPS) is 11.5. The van der Waals surface area contributed by atoms with Crippen molar-refractivity contribution in [1.82, 2.24) is 4.98 Å². The monoisotopic (exact) mass is 239 g/mol. The highest BCUT2D eigenvalue weighted by molar-refractivity contribution is 5.35. The molecular formula is C12H21N3O2. The van der Waals surface area contributed by atoms with Crippen molar-refractivity contribution in [2.75, 3.05) is 18.6 Å². The number of nitrogens with zero attached hydrogens (tertiary/aromatic N) is 1. The zero-order valence-electron chi connectivity index (χ0n) is 10.7. The molecule has 0 aliphatic carbocycles. The lowest BCUT2D eigenvalue weighted by Gasteiger charge is -2.19. The van der Waals surface area contributed by atoms with E-state index in [4.69, 9.17) is 15.3 Å². The molecule has 0 fully saturated rings. The molecule has 0 saturated heterocycles. The number of pyridine rings is 1. The van der Waals surface area contributed by atoms with Crippen molar-refractivity contribution in [3.8, 4) is 0 Å². The molecule has 96 valence electrons.